The normalized spacial score (nSPS) is 21.8. The van der Waals surface area contributed by atoms with Crippen molar-refractivity contribution in [2.75, 3.05) is 19.9 Å². The summed E-state index contributed by atoms with van der Waals surface area (Å²) in [4.78, 5) is 24.8. The quantitative estimate of drug-likeness (QED) is 0.603. The summed E-state index contributed by atoms with van der Waals surface area (Å²) in [6.45, 7) is 0.262. The van der Waals surface area contributed by atoms with E-state index in [1.165, 1.54) is 18.2 Å². The molecule has 9 heteroatoms. The van der Waals surface area contributed by atoms with Crippen molar-refractivity contribution in [3.63, 3.8) is 0 Å². The molecule has 4 rings (SSSR count). The van der Waals surface area contributed by atoms with Crippen LogP contribution in [0.25, 0.3) is 0 Å². The molecule has 0 aromatic heterocycles. The SMILES string of the molecule is O=C(NCC[C@H]1CC[C@@H](NC(=O)c2ccccc2F)[C@H](CO)O1)c1ccc2c(c1)OCO2. The lowest BCUT2D eigenvalue weighted by atomic mass is 9.96. The number of benzene rings is 2. The largest absolute Gasteiger partial charge is 0.454 e. The van der Waals surface area contributed by atoms with Crippen molar-refractivity contribution < 1.29 is 33.3 Å². The van der Waals surface area contributed by atoms with Gasteiger partial charge >= 0.3 is 0 Å². The first kappa shape index (κ1) is 22.0. The molecule has 2 aliphatic heterocycles. The second-order valence-electron chi connectivity index (χ2n) is 7.73. The van der Waals surface area contributed by atoms with Crippen LogP contribution in [0, 0.1) is 5.82 Å². The molecule has 2 aromatic carbocycles. The van der Waals surface area contributed by atoms with Gasteiger partial charge in [0.25, 0.3) is 11.8 Å². The Kier molecular flexibility index (Phi) is 6.87. The highest BCUT2D eigenvalue weighted by atomic mass is 19.1. The molecule has 170 valence electrons. The van der Waals surface area contributed by atoms with Gasteiger partial charge in [-0.15, -0.1) is 0 Å². The summed E-state index contributed by atoms with van der Waals surface area (Å²) in [6.07, 6.45) is 0.992. The number of rotatable bonds is 7. The third kappa shape index (κ3) is 5.00. The number of aliphatic hydroxyl groups is 1. The number of hydrogen-bond acceptors (Lipinski definition) is 6. The van der Waals surface area contributed by atoms with Crippen LogP contribution in [0.3, 0.4) is 0 Å². The number of ether oxygens (including phenoxy) is 3. The molecule has 8 nitrogen and oxygen atoms in total. The molecule has 32 heavy (non-hydrogen) atoms. The van der Waals surface area contributed by atoms with E-state index < -0.39 is 23.9 Å². The van der Waals surface area contributed by atoms with Gasteiger partial charge in [0.1, 0.15) is 11.9 Å². The maximum Gasteiger partial charge on any atom is 0.254 e. The lowest BCUT2D eigenvalue weighted by Gasteiger charge is -2.36. The molecule has 0 radical (unpaired) electrons. The second-order valence-corrected chi connectivity index (χ2v) is 7.73. The number of hydrogen-bond donors (Lipinski definition) is 3. The van der Waals surface area contributed by atoms with Crippen molar-refractivity contribution in [1.29, 1.82) is 0 Å². The number of nitrogens with one attached hydrogen (secondary N) is 2. The fraction of sp³-hybridized carbons (Fsp3) is 0.391. The fourth-order valence-electron chi connectivity index (χ4n) is 3.89. The van der Waals surface area contributed by atoms with E-state index >= 15 is 0 Å². The van der Waals surface area contributed by atoms with Crippen LogP contribution in [-0.4, -0.2) is 55.1 Å². The molecule has 0 spiro atoms. The third-order valence-electron chi connectivity index (χ3n) is 5.62. The summed E-state index contributed by atoms with van der Waals surface area (Å²) in [5, 5.41) is 15.3. The van der Waals surface area contributed by atoms with E-state index in [1.54, 1.807) is 24.3 Å². The van der Waals surface area contributed by atoms with Gasteiger partial charge in [-0.25, -0.2) is 4.39 Å². The lowest BCUT2D eigenvalue weighted by molar-refractivity contribution is -0.0893. The van der Waals surface area contributed by atoms with Crippen LogP contribution in [-0.2, 0) is 4.74 Å². The van der Waals surface area contributed by atoms with Crippen LogP contribution in [0.1, 0.15) is 40.0 Å². The van der Waals surface area contributed by atoms with Gasteiger partial charge in [-0.05, 0) is 49.6 Å². The Labute approximate surface area is 184 Å². The number of fused-ring (bicyclic) bond motifs is 1. The average molecular weight is 444 g/mol. The summed E-state index contributed by atoms with van der Waals surface area (Å²) in [5.74, 6) is -0.206. The summed E-state index contributed by atoms with van der Waals surface area (Å²) >= 11 is 0. The highest BCUT2D eigenvalue weighted by molar-refractivity contribution is 5.95. The molecule has 3 N–H and O–H groups in total. The Bertz CT molecular complexity index is 985. The zero-order chi connectivity index (χ0) is 22.5. The minimum atomic E-state index is -0.603. The molecule has 2 aromatic rings. The van der Waals surface area contributed by atoms with Crippen LogP contribution < -0.4 is 20.1 Å². The highest BCUT2D eigenvalue weighted by Crippen LogP contribution is 2.32. The van der Waals surface area contributed by atoms with Gasteiger partial charge in [0.15, 0.2) is 11.5 Å². The van der Waals surface area contributed by atoms with Crippen LogP contribution in [0.5, 0.6) is 11.5 Å². The Balaban J connectivity index is 1.25. The smallest absolute Gasteiger partial charge is 0.254 e. The summed E-state index contributed by atoms with van der Waals surface area (Å²) in [6, 6.07) is 10.3. The predicted molar refractivity (Wildman–Crippen MR) is 112 cm³/mol. The molecule has 3 atom stereocenters. The number of carbonyl (C=O) groups excluding carboxylic acids is 2. The van der Waals surface area contributed by atoms with Gasteiger partial charge in [0, 0.05) is 12.1 Å². The van der Waals surface area contributed by atoms with E-state index in [9.17, 15) is 19.1 Å². The number of carbonyl (C=O) groups is 2. The summed E-state index contributed by atoms with van der Waals surface area (Å²) < 4.78 is 30.3. The van der Waals surface area contributed by atoms with Gasteiger partial charge in [0.05, 0.1) is 24.3 Å². The Hall–Kier alpha value is -3.17. The van der Waals surface area contributed by atoms with Gasteiger partial charge in [-0.3, -0.25) is 9.59 Å². The minimum Gasteiger partial charge on any atom is -0.454 e. The zero-order valence-corrected chi connectivity index (χ0v) is 17.4. The molecule has 2 heterocycles. The van der Waals surface area contributed by atoms with Crippen LogP contribution in [0.4, 0.5) is 4.39 Å². The highest BCUT2D eigenvalue weighted by Gasteiger charge is 2.32. The van der Waals surface area contributed by atoms with Crippen LogP contribution in [0.15, 0.2) is 42.5 Å². The molecule has 0 bridgehead atoms. The minimum absolute atomic E-state index is 0.0439. The number of aliphatic hydroxyl groups excluding tert-OH is 1. The first-order valence-corrected chi connectivity index (χ1v) is 10.5. The molecule has 0 saturated carbocycles. The van der Waals surface area contributed by atoms with E-state index in [-0.39, 0.29) is 31.0 Å². The van der Waals surface area contributed by atoms with Crippen molar-refractivity contribution in [3.8, 4) is 11.5 Å². The Morgan fingerprint density at radius 1 is 1.06 bits per heavy atom. The molecular formula is C23H25FN2O6. The van der Waals surface area contributed by atoms with Crippen molar-refractivity contribution in [2.45, 2.75) is 37.5 Å². The monoisotopic (exact) mass is 444 g/mol. The van der Waals surface area contributed by atoms with Gasteiger partial charge in [-0.2, -0.15) is 0 Å². The molecule has 0 aliphatic carbocycles. The Morgan fingerprint density at radius 2 is 1.88 bits per heavy atom. The lowest BCUT2D eigenvalue weighted by Crippen LogP contribution is -2.51. The van der Waals surface area contributed by atoms with Crippen molar-refractivity contribution in [2.24, 2.45) is 0 Å². The molecule has 2 aliphatic rings. The third-order valence-corrected chi connectivity index (χ3v) is 5.62. The van der Waals surface area contributed by atoms with E-state index in [2.05, 4.69) is 10.6 Å². The molecule has 0 unspecified atom stereocenters. The fourth-order valence-corrected chi connectivity index (χ4v) is 3.89. The summed E-state index contributed by atoms with van der Waals surface area (Å²) in [5.41, 5.74) is 0.431. The van der Waals surface area contributed by atoms with Crippen molar-refractivity contribution in [3.05, 3.63) is 59.4 Å². The standard InChI is InChI=1S/C23H25FN2O6/c24-17-4-2-1-3-16(17)23(29)26-18-7-6-15(32-21(18)12-27)9-10-25-22(28)14-5-8-19-20(11-14)31-13-30-19/h1-5,8,11,15,18,21,27H,6-7,9-10,12-13H2,(H,25,28)(H,26,29)/t15-,18-,21+/m1/s1. The first-order valence-electron chi connectivity index (χ1n) is 10.5. The molecular weight excluding hydrogens is 419 g/mol. The van der Waals surface area contributed by atoms with E-state index in [0.717, 1.165) is 0 Å². The maximum atomic E-state index is 13.8. The van der Waals surface area contributed by atoms with Crippen LogP contribution >= 0.6 is 0 Å². The number of halogens is 1. The van der Waals surface area contributed by atoms with E-state index in [0.29, 0.717) is 42.9 Å². The molecule has 1 fully saturated rings. The maximum absolute atomic E-state index is 13.8. The van der Waals surface area contributed by atoms with E-state index in [1.807, 2.05) is 0 Å². The second kappa shape index (κ2) is 9.97. The molecule has 2 amide bonds. The zero-order valence-electron chi connectivity index (χ0n) is 17.4. The molecule has 1 saturated heterocycles. The van der Waals surface area contributed by atoms with Crippen molar-refractivity contribution >= 4 is 11.8 Å². The van der Waals surface area contributed by atoms with Crippen molar-refractivity contribution in [1.82, 2.24) is 10.6 Å². The van der Waals surface area contributed by atoms with Crippen LogP contribution in [0.2, 0.25) is 0 Å². The topological polar surface area (TPSA) is 106 Å². The first-order chi connectivity index (χ1) is 15.5. The van der Waals surface area contributed by atoms with Gasteiger partial charge in [0.2, 0.25) is 6.79 Å². The average Bonchev–Trinajstić information content (AvgIpc) is 3.28. The predicted octanol–water partition coefficient (Wildman–Crippen LogP) is 2.01. The Morgan fingerprint density at radius 3 is 2.69 bits per heavy atom. The summed E-state index contributed by atoms with van der Waals surface area (Å²) in [7, 11) is 0. The van der Waals surface area contributed by atoms with Gasteiger partial charge < -0.3 is 30.0 Å². The van der Waals surface area contributed by atoms with E-state index in [4.69, 9.17) is 14.2 Å². The van der Waals surface area contributed by atoms with Gasteiger partial charge in [-0.1, -0.05) is 12.1 Å². The number of amides is 2.